The average Bonchev–Trinajstić information content (AvgIpc) is 2.34. The smallest absolute Gasteiger partial charge is 0.240 e. The van der Waals surface area contributed by atoms with E-state index in [4.69, 9.17) is 11.5 Å². The molecular formula is C12H15N3O2S. The highest BCUT2D eigenvalue weighted by molar-refractivity contribution is 8.00. The van der Waals surface area contributed by atoms with Crippen LogP contribution < -0.4 is 16.4 Å². The molecule has 5 nitrogen and oxygen atoms in total. The van der Waals surface area contributed by atoms with Crippen LogP contribution in [0.15, 0.2) is 23.1 Å². The third-order valence-electron chi connectivity index (χ3n) is 2.78. The first-order valence-electron chi connectivity index (χ1n) is 5.62. The third-order valence-corrected chi connectivity index (χ3v) is 3.94. The van der Waals surface area contributed by atoms with Gasteiger partial charge in [0, 0.05) is 11.4 Å². The van der Waals surface area contributed by atoms with E-state index in [0.717, 1.165) is 16.1 Å². The summed E-state index contributed by atoms with van der Waals surface area (Å²) in [7, 11) is 0. The molecule has 1 atom stereocenters. The van der Waals surface area contributed by atoms with Crippen LogP contribution in [0.5, 0.6) is 0 Å². The van der Waals surface area contributed by atoms with Gasteiger partial charge in [0.25, 0.3) is 0 Å². The highest BCUT2D eigenvalue weighted by Gasteiger charge is 2.31. The molecule has 1 unspecified atom stereocenters. The number of benzene rings is 1. The van der Waals surface area contributed by atoms with Gasteiger partial charge in [0.15, 0.2) is 0 Å². The first-order valence-corrected chi connectivity index (χ1v) is 6.50. The number of fused-ring (bicyclic) bond motifs is 1. The molecule has 0 aromatic heterocycles. The van der Waals surface area contributed by atoms with E-state index in [9.17, 15) is 9.59 Å². The summed E-state index contributed by atoms with van der Waals surface area (Å²) in [6, 6.07) is 5.70. The molecule has 18 heavy (non-hydrogen) atoms. The number of rotatable bonds is 3. The molecule has 0 bridgehead atoms. The van der Waals surface area contributed by atoms with E-state index in [-0.39, 0.29) is 17.7 Å². The van der Waals surface area contributed by atoms with Crippen molar-refractivity contribution < 1.29 is 9.59 Å². The lowest BCUT2D eigenvalue weighted by Crippen LogP contribution is -2.44. The van der Waals surface area contributed by atoms with Gasteiger partial charge < -0.3 is 16.4 Å². The van der Waals surface area contributed by atoms with Gasteiger partial charge in [-0.2, -0.15) is 0 Å². The van der Waals surface area contributed by atoms with Gasteiger partial charge in [0.05, 0.1) is 10.9 Å². The van der Waals surface area contributed by atoms with Crippen molar-refractivity contribution in [1.29, 1.82) is 0 Å². The number of carbonyl (C=O) groups is 2. The fraction of sp³-hybridized carbons (Fsp3) is 0.333. The lowest BCUT2D eigenvalue weighted by Gasteiger charge is -2.31. The van der Waals surface area contributed by atoms with Crippen molar-refractivity contribution in [2.24, 2.45) is 11.5 Å². The Kier molecular flexibility index (Phi) is 3.58. The topological polar surface area (TPSA) is 89.4 Å². The van der Waals surface area contributed by atoms with Crippen molar-refractivity contribution in [2.75, 3.05) is 11.4 Å². The minimum absolute atomic E-state index is 0.0925. The van der Waals surface area contributed by atoms with Crippen LogP contribution in [0.2, 0.25) is 0 Å². The summed E-state index contributed by atoms with van der Waals surface area (Å²) in [5.74, 6) is -0.618. The number of primary amides is 1. The Labute approximate surface area is 110 Å². The predicted octanol–water partition coefficient (Wildman–Crippen LogP) is 0.458. The van der Waals surface area contributed by atoms with E-state index in [1.807, 2.05) is 25.1 Å². The lowest BCUT2D eigenvalue weighted by atomic mass is 10.1. The highest BCUT2D eigenvalue weighted by atomic mass is 32.2. The minimum Gasteiger partial charge on any atom is -0.368 e. The van der Waals surface area contributed by atoms with Crippen LogP contribution in [-0.4, -0.2) is 23.6 Å². The average molecular weight is 265 g/mol. The number of hydrogen-bond acceptors (Lipinski definition) is 4. The molecule has 0 saturated heterocycles. The number of nitrogens with two attached hydrogens (primary N) is 2. The number of hydrogen-bond donors (Lipinski definition) is 2. The zero-order chi connectivity index (χ0) is 13.3. The second-order valence-electron chi connectivity index (χ2n) is 4.16. The molecule has 0 fully saturated rings. The van der Waals surface area contributed by atoms with Gasteiger partial charge in [-0.05, 0) is 24.6 Å². The molecule has 2 amide bonds. The standard InChI is InChI=1S/C12H15N3O2S/c1-7-12(17)15(6-11(14)16)9-4-8(5-13)2-3-10(9)18-7/h2-4,7H,5-6,13H2,1H3,(H2,14,16). The Morgan fingerprint density at radius 3 is 2.83 bits per heavy atom. The van der Waals surface area contributed by atoms with Crippen LogP contribution in [0, 0.1) is 0 Å². The fourth-order valence-corrected chi connectivity index (χ4v) is 2.94. The quantitative estimate of drug-likeness (QED) is 0.830. The predicted molar refractivity (Wildman–Crippen MR) is 71.2 cm³/mol. The van der Waals surface area contributed by atoms with E-state index < -0.39 is 5.91 Å². The fourth-order valence-electron chi connectivity index (χ4n) is 1.90. The van der Waals surface area contributed by atoms with E-state index >= 15 is 0 Å². The third kappa shape index (κ3) is 2.34. The van der Waals surface area contributed by atoms with Crippen molar-refractivity contribution in [1.82, 2.24) is 0 Å². The molecule has 1 aliphatic heterocycles. The monoisotopic (exact) mass is 265 g/mol. The normalized spacial score (nSPS) is 18.7. The number of nitrogens with zero attached hydrogens (tertiary/aromatic N) is 1. The maximum atomic E-state index is 12.1. The number of amides is 2. The van der Waals surface area contributed by atoms with Gasteiger partial charge in [-0.3, -0.25) is 9.59 Å². The molecule has 96 valence electrons. The van der Waals surface area contributed by atoms with Crippen LogP contribution in [0.1, 0.15) is 12.5 Å². The van der Waals surface area contributed by atoms with Gasteiger partial charge >= 0.3 is 0 Å². The van der Waals surface area contributed by atoms with E-state index in [1.54, 1.807) is 0 Å². The Balaban J connectivity index is 2.45. The van der Waals surface area contributed by atoms with Gasteiger partial charge in [0.1, 0.15) is 6.54 Å². The second kappa shape index (κ2) is 4.99. The molecule has 6 heteroatoms. The minimum atomic E-state index is -0.522. The summed E-state index contributed by atoms with van der Waals surface area (Å²) >= 11 is 1.49. The van der Waals surface area contributed by atoms with E-state index in [2.05, 4.69) is 0 Å². The van der Waals surface area contributed by atoms with Crippen molar-refractivity contribution >= 4 is 29.3 Å². The zero-order valence-corrected chi connectivity index (χ0v) is 10.9. The van der Waals surface area contributed by atoms with Crippen molar-refractivity contribution in [3.8, 4) is 0 Å². The SMILES string of the molecule is CC1Sc2ccc(CN)cc2N(CC(N)=O)C1=O. The highest BCUT2D eigenvalue weighted by Crippen LogP contribution is 2.39. The summed E-state index contributed by atoms with van der Waals surface area (Å²) in [6.45, 7) is 2.12. The van der Waals surface area contributed by atoms with Crippen molar-refractivity contribution in [3.63, 3.8) is 0 Å². The van der Waals surface area contributed by atoms with Crippen LogP contribution in [0.3, 0.4) is 0 Å². The summed E-state index contributed by atoms with van der Waals surface area (Å²) in [4.78, 5) is 25.6. The molecule has 0 aliphatic carbocycles. The molecule has 0 radical (unpaired) electrons. The molecule has 1 heterocycles. The lowest BCUT2D eigenvalue weighted by molar-refractivity contribution is -0.122. The van der Waals surface area contributed by atoms with Gasteiger partial charge in [-0.15, -0.1) is 11.8 Å². The largest absolute Gasteiger partial charge is 0.368 e. The molecule has 2 rings (SSSR count). The number of anilines is 1. The summed E-state index contributed by atoms with van der Waals surface area (Å²) in [5, 5.41) is -0.208. The van der Waals surface area contributed by atoms with Crippen molar-refractivity contribution in [3.05, 3.63) is 23.8 Å². The van der Waals surface area contributed by atoms with Crippen LogP contribution in [0.25, 0.3) is 0 Å². The molecule has 4 N–H and O–H groups in total. The zero-order valence-electron chi connectivity index (χ0n) is 10.1. The van der Waals surface area contributed by atoms with Crippen LogP contribution >= 0.6 is 11.8 Å². The van der Waals surface area contributed by atoms with Crippen LogP contribution in [0.4, 0.5) is 5.69 Å². The van der Waals surface area contributed by atoms with E-state index in [1.165, 1.54) is 16.7 Å². The molecule has 0 spiro atoms. The molecule has 1 aromatic rings. The summed E-state index contributed by atoms with van der Waals surface area (Å²) < 4.78 is 0. The first-order chi connectivity index (χ1) is 8.52. The maximum Gasteiger partial charge on any atom is 0.240 e. The Bertz CT molecular complexity index is 504. The molecular weight excluding hydrogens is 250 g/mol. The van der Waals surface area contributed by atoms with E-state index in [0.29, 0.717) is 6.54 Å². The molecule has 1 aliphatic rings. The Hall–Kier alpha value is -1.53. The summed E-state index contributed by atoms with van der Waals surface area (Å²) in [6.07, 6.45) is 0. The summed E-state index contributed by atoms with van der Waals surface area (Å²) in [5.41, 5.74) is 12.4. The molecule has 1 aromatic carbocycles. The number of carbonyl (C=O) groups excluding carboxylic acids is 2. The van der Waals surface area contributed by atoms with Gasteiger partial charge in [-0.1, -0.05) is 6.07 Å². The molecule has 0 saturated carbocycles. The second-order valence-corrected chi connectivity index (χ2v) is 5.54. The first kappa shape index (κ1) is 12.9. The number of thioether (sulfide) groups is 1. The maximum absolute atomic E-state index is 12.1. The van der Waals surface area contributed by atoms with Crippen molar-refractivity contribution in [2.45, 2.75) is 23.6 Å². The van der Waals surface area contributed by atoms with Gasteiger partial charge in [0.2, 0.25) is 11.8 Å². The van der Waals surface area contributed by atoms with Gasteiger partial charge in [-0.25, -0.2) is 0 Å². The Morgan fingerprint density at radius 1 is 1.50 bits per heavy atom. The van der Waals surface area contributed by atoms with Crippen LogP contribution in [-0.2, 0) is 16.1 Å². The Morgan fingerprint density at radius 2 is 2.22 bits per heavy atom.